The average molecular weight is 297 g/mol. The smallest absolute Gasteiger partial charge is 0.187 e. The fraction of sp³-hybridized carbons (Fsp3) is 0.733. The van der Waals surface area contributed by atoms with E-state index in [4.69, 9.17) is 0 Å². The van der Waals surface area contributed by atoms with Crippen LogP contribution in [-0.4, -0.2) is 46.0 Å². The standard InChI is InChI=1S/C15H24FN3O2/c1-3-5-15(9-20)6-7-19(8-12(15)21)14-13(16)11(4-2)17-10-18-14/h10,12,20-21H,3-9H2,1-2H3/t12-,15-/m1/s1. The summed E-state index contributed by atoms with van der Waals surface area (Å²) < 4.78 is 14.3. The molecular weight excluding hydrogens is 273 g/mol. The van der Waals surface area contributed by atoms with Crippen LogP contribution in [0.4, 0.5) is 10.2 Å². The Kier molecular flexibility index (Phi) is 5.11. The predicted molar refractivity (Wildman–Crippen MR) is 78.6 cm³/mol. The molecular formula is C15H24FN3O2. The molecule has 1 fully saturated rings. The maximum Gasteiger partial charge on any atom is 0.187 e. The van der Waals surface area contributed by atoms with Crippen molar-refractivity contribution in [3.05, 3.63) is 17.8 Å². The topological polar surface area (TPSA) is 69.5 Å². The highest BCUT2D eigenvalue weighted by Gasteiger charge is 2.42. The van der Waals surface area contributed by atoms with Gasteiger partial charge in [0.2, 0.25) is 0 Å². The number of rotatable bonds is 5. The molecule has 0 radical (unpaired) electrons. The quantitative estimate of drug-likeness (QED) is 0.862. The first kappa shape index (κ1) is 16.1. The van der Waals surface area contributed by atoms with E-state index >= 15 is 0 Å². The first-order chi connectivity index (χ1) is 10.1. The van der Waals surface area contributed by atoms with Crippen LogP contribution in [0.2, 0.25) is 0 Å². The van der Waals surface area contributed by atoms with Crippen molar-refractivity contribution in [1.82, 2.24) is 9.97 Å². The second-order valence-electron chi connectivity index (χ2n) is 5.79. The maximum atomic E-state index is 14.3. The monoisotopic (exact) mass is 297 g/mol. The number of anilines is 1. The average Bonchev–Trinajstić information content (AvgIpc) is 2.50. The van der Waals surface area contributed by atoms with Crippen LogP contribution in [-0.2, 0) is 6.42 Å². The molecule has 5 nitrogen and oxygen atoms in total. The molecule has 2 rings (SSSR count). The van der Waals surface area contributed by atoms with Gasteiger partial charge in [0.25, 0.3) is 0 Å². The van der Waals surface area contributed by atoms with Crippen molar-refractivity contribution in [1.29, 1.82) is 0 Å². The Morgan fingerprint density at radius 1 is 1.43 bits per heavy atom. The second-order valence-corrected chi connectivity index (χ2v) is 5.79. The summed E-state index contributed by atoms with van der Waals surface area (Å²) >= 11 is 0. The van der Waals surface area contributed by atoms with Crippen LogP contribution in [0.5, 0.6) is 0 Å². The second kappa shape index (κ2) is 6.66. The molecule has 1 aliphatic rings. The third kappa shape index (κ3) is 3.01. The zero-order chi connectivity index (χ0) is 15.5. The highest BCUT2D eigenvalue weighted by molar-refractivity contribution is 5.42. The zero-order valence-corrected chi connectivity index (χ0v) is 12.7. The highest BCUT2D eigenvalue weighted by Crippen LogP contribution is 2.37. The molecule has 1 aromatic rings. The van der Waals surface area contributed by atoms with Crippen LogP contribution < -0.4 is 4.90 Å². The Morgan fingerprint density at radius 2 is 2.19 bits per heavy atom. The van der Waals surface area contributed by atoms with Crippen molar-refractivity contribution in [2.75, 3.05) is 24.6 Å². The van der Waals surface area contributed by atoms with Crippen LogP contribution in [0.25, 0.3) is 0 Å². The number of piperidine rings is 1. The molecule has 2 heterocycles. The van der Waals surface area contributed by atoms with Gasteiger partial charge in [-0.2, -0.15) is 0 Å². The normalized spacial score (nSPS) is 26.1. The van der Waals surface area contributed by atoms with E-state index in [0.29, 0.717) is 25.1 Å². The van der Waals surface area contributed by atoms with Crippen molar-refractivity contribution in [2.45, 2.75) is 45.6 Å². The molecule has 1 aliphatic heterocycles. The summed E-state index contributed by atoms with van der Waals surface area (Å²) in [5.74, 6) is -0.150. The Morgan fingerprint density at radius 3 is 2.76 bits per heavy atom. The summed E-state index contributed by atoms with van der Waals surface area (Å²) in [6, 6.07) is 0. The lowest BCUT2D eigenvalue weighted by atomic mass is 9.73. The lowest BCUT2D eigenvalue weighted by Crippen LogP contribution is -2.53. The molecule has 0 unspecified atom stereocenters. The van der Waals surface area contributed by atoms with Gasteiger partial charge >= 0.3 is 0 Å². The Balaban J connectivity index is 2.19. The van der Waals surface area contributed by atoms with Gasteiger partial charge < -0.3 is 15.1 Å². The van der Waals surface area contributed by atoms with E-state index in [0.717, 1.165) is 12.8 Å². The molecule has 0 amide bonds. The first-order valence-electron chi connectivity index (χ1n) is 7.61. The number of halogens is 1. The number of aliphatic hydroxyl groups is 2. The first-order valence-corrected chi connectivity index (χ1v) is 7.61. The number of aromatic nitrogens is 2. The van der Waals surface area contributed by atoms with E-state index in [-0.39, 0.29) is 19.0 Å². The van der Waals surface area contributed by atoms with Crippen molar-refractivity contribution >= 4 is 5.82 Å². The Labute approximate surface area is 124 Å². The van der Waals surface area contributed by atoms with E-state index in [1.165, 1.54) is 6.33 Å². The molecule has 21 heavy (non-hydrogen) atoms. The molecule has 0 saturated carbocycles. The number of hydrogen-bond acceptors (Lipinski definition) is 5. The molecule has 0 aliphatic carbocycles. The van der Waals surface area contributed by atoms with Gasteiger partial charge in [0, 0.05) is 18.5 Å². The van der Waals surface area contributed by atoms with Gasteiger partial charge in [-0.15, -0.1) is 0 Å². The lowest BCUT2D eigenvalue weighted by Gasteiger charge is -2.45. The minimum atomic E-state index is -0.685. The molecule has 0 spiro atoms. The number of aryl methyl sites for hydroxylation is 1. The van der Waals surface area contributed by atoms with E-state index < -0.39 is 17.3 Å². The van der Waals surface area contributed by atoms with Crippen LogP contribution >= 0.6 is 0 Å². The van der Waals surface area contributed by atoms with Gasteiger partial charge in [0.15, 0.2) is 11.6 Å². The van der Waals surface area contributed by atoms with Crippen LogP contribution in [0, 0.1) is 11.2 Å². The largest absolute Gasteiger partial charge is 0.396 e. The molecule has 1 aromatic heterocycles. The minimum Gasteiger partial charge on any atom is -0.396 e. The molecule has 2 atom stereocenters. The molecule has 0 bridgehead atoms. The van der Waals surface area contributed by atoms with Gasteiger partial charge in [-0.05, 0) is 19.3 Å². The third-order valence-corrected chi connectivity index (χ3v) is 4.52. The summed E-state index contributed by atoms with van der Waals surface area (Å²) in [6.07, 6.45) is 3.49. The highest BCUT2D eigenvalue weighted by atomic mass is 19.1. The van der Waals surface area contributed by atoms with E-state index in [1.807, 2.05) is 13.8 Å². The van der Waals surface area contributed by atoms with E-state index in [1.54, 1.807) is 4.90 Å². The van der Waals surface area contributed by atoms with E-state index in [9.17, 15) is 14.6 Å². The molecule has 2 N–H and O–H groups in total. The SMILES string of the molecule is CCC[C@]1(CO)CCN(c2ncnc(CC)c2F)C[C@H]1O. The number of hydrogen-bond donors (Lipinski definition) is 2. The van der Waals surface area contributed by atoms with Gasteiger partial charge in [-0.3, -0.25) is 0 Å². The Bertz CT molecular complexity index is 486. The minimum absolute atomic E-state index is 0.0394. The molecule has 6 heteroatoms. The van der Waals surface area contributed by atoms with E-state index in [2.05, 4.69) is 9.97 Å². The van der Waals surface area contributed by atoms with Crippen molar-refractivity contribution in [3.8, 4) is 0 Å². The van der Waals surface area contributed by atoms with Gasteiger partial charge in [0.1, 0.15) is 6.33 Å². The molecule has 118 valence electrons. The molecule has 1 saturated heterocycles. The van der Waals surface area contributed by atoms with Gasteiger partial charge in [-0.1, -0.05) is 20.3 Å². The summed E-state index contributed by atoms with van der Waals surface area (Å²) in [5, 5.41) is 20.1. The number of β-amino-alcohol motifs (C(OH)–C–C–N with tert-alkyl or cyclic N) is 1. The van der Waals surface area contributed by atoms with Gasteiger partial charge in [-0.25, -0.2) is 14.4 Å². The zero-order valence-electron chi connectivity index (χ0n) is 12.7. The van der Waals surface area contributed by atoms with Crippen LogP contribution in [0.1, 0.15) is 38.8 Å². The fourth-order valence-electron chi connectivity index (χ4n) is 3.13. The summed E-state index contributed by atoms with van der Waals surface area (Å²) in [5.41, 5.74) is -0.0791. The number of nitrogens with zero attached hydrogens (tertiary/aromatic N) is 3. The van der Waals surface area contributed by atoms with Crippen molar-refractivity contribution in [3.63, 3.8) is 0 Å². The van der Waals surface area contributed by atoms with Crippen molar-refractivity contribution < 1.29 is 14.6 Å². The summed E-state index contributed by atoms with van der Waals surface area (Å²) in [7, 11) is 0. The summed E-state index contributed by atoms with van der Waals surface area (Å²) in [6.45, 7) is 4.71. The van der Waals surface area contributed by atoms with Crippen molar-refractivity contribution in [2.24, 2.45) is 5.41 Å². The lowest BCUT2D eigenvalue weighted by molar-refractivity contribution is -0.0373. The van der Waals surface area contributed by atoms with Crippen LogP contribution in [0.15, 0.2) is 6.33 Å². The van der Waals surface area contributed by atoms with Gasteiger partial charge in [0.05, 0.1) is 18.4 Å². The maximum absolute atomic E-state index is 14.3. The van der Waals surface area contributed by atoms with Crippen LogP contribution in [0.3, 0.4) is 0 Å². The fourth-order valence-corrected chi connectivity index (χ4v) is 3.13. The molecule has 0 aromatic carbocycles. The number of aliphatic hydroxyl groups excluding tert-OH is 2. The predicted octanol–water partition coefficient (Wildman–Crippen LogP) is 1.53. The summed E-state index contributed by atoms with van der Waals surface area (Å²) in [4.78, 5) is 9.72. The Hall–Kier alpha value is -1.27. The third-order valence-electron chi connectivity index (χ3n) is 4.52.